The maximum atomic E-state index is 12.5. The summed E-state index contributed by atoms with van der Waals surface area (Å²) in [5.74, 6) is -0.0900. The molecule has 1 heterocycles. The Balaban J connectivity index is 2.07. The molecule has 0 saturated carbocycles. The molecule has 0 radical (unpaired) electrons. The van der Waals surface area contributed by atoms with E-state index in [4.69, 9.17) is 23.2 Å². The zero-order valence-electron chi connectivity index (χ0n) is 11.0. The van der Waals surface area contributed by atoms with Crippen molar-refractivity contribution in [3.05, 3.63) is 52.6 Å². The van der Waals surface area contributed by atoms with Gasteiger partial charge in [-0.15, -0.1) is 0 Å². The van der Waals surface area contributed by atoms with Gasteiger partial charge in [0.1, 0.15) is 10.6 Å². The molecule has 0 atom stereocenters. The van der Waals surface area contributed by atoms with Crippen molar-refractivity contribution in [3.63, 3.8) is 0 Å². The van der Waals surface area contributed by atoms with Crippen LogP contribution in [0, 0.1) is 0 Å². The second-order valence-electron chi connectivity index (χ2n) is 4.61. The number of hydrogen-bond donors (Lipinski definition) is 3. The average Bonchev–Trinajstić information content (AvgIpc) is 2.86. The number of halogens is 2. The molecule has 0 aliphatic heterocycles. The van der Waals surface area contributed by atoms with Gasteiger partial charge in [0.05, 0.1) is 10.7 Å². The molecule has 8 heteroatoms. The topological polar surface area (TPSA) is 82.2 Å². The lowest BCUT2D eigenvalue weighted by Crippen LogP contribution is -2.12. The fraction of sp³-hybridized carbons (Fsp3) is 0. The Labute approximate surface area is 136 Å². The highest BCUT2D eigenvalue weighted by Crippen LogP contribution is 2.31. The molecule has 0 aliphatic rings. The molecule has 3 rings (SSSR count). The first-order chi connectivity index (χ1) is 10.4. The van der Waals surface area contributed by atoms with E-state index in [9.17, 15) is 13.5 Å². The van der Waals surface area contributed by atoms with Crippen molar-refractivity contribution >= 4 is 49.8 Å². The van der Waals surface area contributed by atoms with Gasteiger partial charge in [-0.25, -0.2) is 8.42 Å². The minimum Gasteiger partial charge on any atom is -0.508 e. The van der Waals surface area contributed by atoms with Crippen molar-refractivity contribution < 1.29 is 13.5 Å². The van der Waals surface area contributed by atoms with Crippen LogP contribution in [0.5, 0.6) is 5.75 Å². The van der Waals surface area contributed by atoms with E-state index < -0.39 is 10.0 Å². The van der Waals surface area contributed by atoms with Gasteiger partial charge in [0.15, 0.2) is 0 Å². The van der Waals surface area contributed by atoms with Crippen LogP contribution in [0.4, 0.5) is 5.69 Å². The Morgan fingerprint density at radius 1 is 1.09 bits per heavy atom. The van der Waals surface area contributed by atoms with Crippen LogP contribution in [0.15, 0.2) is 47.5 Å². The quantitative estimate of drug-likeness (QED) is 0.663. The summed E-state index contributed by atoms with van der Waals surface area (Å²) in [4.78, 5) is 2.93. The molecule has 114 valence electrons. The van der Waals surface area contributed by atoms with Gasteiger partial charge in [-0.05, 0) is 30.3 Å². The molecular weight excluding hydrogens is 347 g/mol. The van der Waals surface area contributed by atoms with Crippen molar-refractivity contribution in [2.75, 3.05) is 4.72 Å². The van der Waals surface area contributed by atoms with Crippen LogP contribution in [0.2, 0.25) is 10.0 Å². The SMILES string of the molecule is O=S(=O)(Nc1cc(O)ccc1Cl)c1c[nH]c2cc(Cl)ccc12. The predicted octanol–water partition coefficient (Wildman–Crippen LogP) is 3.98. The summed E-state index contributed by atoms with van der Waals surface area (Å²) in [5, 5.41) is 10.6. The fourth-order valence-electron chi connectivity index (χ4n) is 2.09. The average molecular weight is 357 g/mol. The maximum absolute atomic E-state index is 12.5. The van der Waals surface area contributed by atoms with E-state index in [-0.39, 0.29) is 21.4 Å². The molecule has 0 fully saturated rings. The standard InChI is InChI=1S/C14H10Cl2N2O3S/c15-8-1-3-10-12(5-8)17-7-14(10)22(20,21)18-13-6-9(19)2-4-11(13)16/h1-7,17-19H. The lowest BCUT2D eigenvalue weighted by atomic mass is 10.2. The second kappa shape index (κ2) is 5.39. The van der Waals surface area contributed by atoms with Gasteiger partial charge in [0.25, 0.3) is 10.0 Å². The van der Waals surface area contributed by atoms with E-state index in [1.54, 1.807) is 18.2 Å². The predicted molar refractivity (Wildman–Crippen MR) is 87.2 cm³/mol. The number of rotatable bonds is 3. The van der Waals surface area contributed by atoms with Crippen LogP contribution in [0.25, 0.3) is 10.9 Å². The monoisotopic (exact) mass is 356 g/mol. The van der Waals surface area contributed by atoms with E-state index in [0.29, 0.717) is 15.9 Å². The summed E-state index contributed by atoms with van der Waals surface area (Å²) in [6, 6.07) is 8.88. The van der Waals surface area contributed by atoms with Crippen molar-refractivity contribution in [1.82, 2.24) is 4.98 Å². The molecule has 3 N–H and O–H groups in total. The first-order valence-corrected chi connectivity index (χ1v) is 8.39. The van der Waals surface area contributed by atoms with E-state index >= 15 is 0 Å². The van der Waals surface area contributed by atoms with Crippen LogP contribution in [0.3, 0.4) is 0 Å². The summed E-state index contributed by atoms with van der Waals surface area (Å²) in [5.41, 5.74) is 0.708. The number of phenolic OH excluding ortho intramolecular Hbond substituents is 1. The summed E-state index contributed by atoms with van der Waals surface area (Å²) in [6.45, 7) is 0. The zero-order chi connectivity index (χ0) is 15.9. The van der Waals surface area contributed by atoms with Crippen molar-refractivity contribution in [2.24, 2.45) is 0 Å². The zero-order valence-corrected chi connectivity index (χ0v) is 13.3. The molecular formula is C14H10Cl2N2O3S. The highest BCUT2D eigenvalue weighted by molar-refractivity contribution is 7.93. The lowest BCUT2D eigenvalue weighted by molar-refractivity contribution is 0.475. The van der Waals surface area contributed by atoms with E-state index in [1.807, 2.05) is 0 Å². The Bertz CT molecular complexity index is 967. The first kappa shape index (κ1) is 15.0. The van der Waals surface area contributed by atoms with Crippen molar-refractivity contribution in [3.8, 4) is 5.75 Å². The normalized spacial score (nSPS) is 11.7. The third kappa shape index (κ3) is 2.72. The van der Waals surface area contributed by atoms with Crippen molar-refractivity contribution in [2.45, 2.75) is 4.90 Å². The smallest absolute Gasteiger partial charge is 0.264 e. The summed E-state index contributed by atoms with van der Waals surface area (Å²) >= 11 is 11.8. The van der Waals surface area contributed by atoms with Gasteiger partial charge in [-0.3, -0.25) is 4.72 Å². The summed E-state index contributed by atoms with van der Waals surface area (Å²) in [7, 11) is -3.87. The largest absolute Gasteiger partial charge is 0.508 e. The number of hydrogen-bond acceptors (Lipinski definition) is 3. The van der Waals surface area contributed by atoms with Gasteiger partial charge < -0.3 is 10.1 Å². The van der Waals surface area contributed by atoms with Gasteiger partial charge in [-0.1, -0.05) is 23.2 Å². The molecule has 0 saturated heterocycles. The third-order valence-electron chi connectivity index (χ3n) is 3.09. The molecule has 0 bridgehead atoms. The minimum atomic E-state index is -3.87. The Morgan fingerprint density at radius 3 is 2.64 bits per heavy atom. The molecule has 5 nitrogen and oxygen atoms in total. The van der Waals surface area contributed by atoms with Crippen LogP contribution < -0.4 is 4.72 Å². The third-order valence-corrected chi connectivity index (χ3v) is 5.06. The molecule has 0 spiro atoms. The molecule has 3 aromatic rings. The van der Waals surface area contributed by atoms with Crippen LogP contribution in [-0.2, 0) is 10.0 Å². The van der Waals surface area contributed by atoms with Gasteiger partial charge in [0.2, 0.25) is 0 Å². The van der Waals surface area contributed by atoms with E-state index in [0.717, 1.165) is 0 Å². The van der Waals surface area contributed by atoms with Gasteiger partial charge in [0, 0.05) is 28.2 Å². The number of H-pyrrole nitrogens is 1. The molecule has 2 aromatic carbocycles. The number of benzene rings is 2. The number of aromatic amines is 1. The summed E-state index contributed by atoms with van der Waals surface area (Å²) < 4.78 is 27.4. The van der Waals surface area contributed by atoms with Crippen molar-refractivity contribution in [1.29, 1.82) is 0 Å². The molecule has 1 aromatic heterocycles. The summed E-state index contributed by atoms with van der Waals surface area (Å²) in [6.07, 6.45) is 1.38. The fourth-order valence-corrected chi connectivity index (χ4v) is 3.73. The van der Waals surface area contributed by atoms with E-state index in [2.05, 4.69) is 9.71 Å². The number of fused-ring (bicyclic) bond motifs is 1. The number of sulfonamides is 1. The number of phenols is 1. The van der Waals surface area contributed by atoms with E-state index in [1.165, 1.54) is 24.4 Å². The van der Waals surface area contributed by atoms with Crippen LogP contribution in [-0.4, -0.2) is 18.5 Å². The highest BCUT2D eigenvalue weighted by atomic mass is 35.5. The minimum absolute atomic E-state index is 0.0681. The van der Waals surface area contributed by atoms with Crippen LogP contribution in [0.1, 0.15) is 0 Å². The van der Waals surface area contributed by atoms with Gasteiger partial charge in [-0.2, -0.15) is 0 Å². The van der Waals surface area contributed by atoms with Gasteiger partial charge >= 0.3 is 0 Å². The number of aromatic nitrogens is 1. The molecule has 0 aliphatic carbocycles. The number of anilines is 1. The maximum Gasteiger partial charge on any atom is 0.264 e. The molecule has 0 unspecified atom stereocenters. The Morgan fingerprint density at radius 2 is 1.86 bits per heavy atom. The Kier molecular flexibility index (Phi) is 3.68. The second-order valence-corrected chi connectivity index (χ2v) is 7.11. The lowest BCUT2D eigenvalue weighted by Gasteiger charge is -2.09. The highest BCUT2D eigenvalue weighted by Gasteiger charge is 2.20. The number of nitrogens with one attached hydrogen (secondary N) is 2. The molecule has 22 heavy (non-hydrogen) atoms. The van der Waals surface area contributed by atoms with Crippen LogP contribution >= 0.6 is 23.2 Å². The first-order valence-electron chi connectivity index (χ1n) is 6.15. The Hall–Kier alpha value is -1.89. The number of aromatic hydroxyl groups is 1. The molecule has 0 amide bonds.